The van der Waals surface area contributed by atoms with Crippen molar-refractivity contribution in [1.29, 1.82) is 0 Å². The van der Waals surface area contributed by atoms with Gasteiger partial charge in [0.25, 0.3) is 5.69 Å². The average Bonchev–Trinajstić information content (AvgIpc) is 3.34. The number of aromatic amines is 1. The number of benzene rings is 2. The van der Waals surface area contributed by atoms with E-state index in [2.05, 4.69) is 25.6 Å². The number of hydrogen-bond acceptors (Lipinski definition) is 7. The van der Waals surface area contributed by atoms with Crippen molar-refractivity contribution in [2.24, 2.45) is 0 Å². The molecule has 0 amide bonds. The maximum atomic E-state index is 11.2. The average molecular weight is 350 g/mol. The van der Waals surface area contributed by atoms with E-state index >= 15 is 0 Å². The standard InChI is InChI=1S/C16H10N6O2S/c23-22(24)14-4-2-1-3-12(14)13-9-25-16(17-13)11-7-5-10(6-8-11)15-18-20-21-19-15/h1-9H,(H,18,19,20,21). The number of rotatable bonds is 4. The highest BCUT2D eigenvalue weighted by molar-refractivity contribution is 7.13. The molecule has 4 aromatic rings. The zero-order chi connectivity index (χ0) is 17.2. The number of tetrazole rings is 1. The van der Waals surface area contributed by atoms with E-state index in [9.17, 15) is 10.1 Å². The first kappa shape index (κ1) is 15.1. The molecule has 8 nitrogen and oxygen atoms in total. The van der Waals surface area contributed by atoms with Gasteiger partial charge >= 0.3 is 0 Å². The fourth-order valence-electron chi connectivity index (χ4n) is 2.43. The number of hydrogen-bond donors (Lipinski definition) is 1. The lowest BCUT2D eigenvalue weighted by Crippen LogP contribution is -1.91. The first-order valence-corrected chi connectivity index (χ1v) is 8.14. The Morgan fingerprint density at radius 3 is 2.52 bits per heavy atom. The highest BCUT2D eigenvalue weighted by Gasteiger charge is 2.17. The van der Waals surface area contributed by atoms with Crippen molar-refractivity contribution in [3.05, 3.63) is 64.0 Å². The summed E-state index contributed by atoms with van der Waals surface area (Å²) in [4.78, 5) is 15.3. The van der Waals surface area contributed by atoms with E-state index in [1.165, 1.54) is 17.4 Å². The lowest BCUT2D eigenvalue weighted by Gasteiger charge is -2.00. The molecule has 0 unspecified atom stereocenters. The van der Waals surface area contributed by atoms with Gasteiger partial charge in [-0.1, -0.05) is 36.4 Å². The number of aromatic nitrogens is 5. The normalized spacial score (nSPS) is 10.7. The molecule has 0 saturated heterocycles. The molecule has 122 valence electrons. The number of nitrogens with one attached hydrogen (secondary N) is 1. The highest BCUT2D eigenvalue weighted by atomic mass is 32.1. The molecule has 25 heavy (non-hydrogen) atoms. The molecule has 0 aliphatic rings. The van der Waals surface area contributed by atoms with Crippen LogP contribution in [-0.2, 0) is 0 Å². The molecule has 0 atom stereocenters. The summed E-state index contributed by atoms with van der Waals surface area (Å²) in [5, 5.41) is 27.6. The summed E-state index contributed by atoms with van der Waals surface area (Å²) in [6.07, 6.45) is 0. The third kappa shape index (κ3) is 2.88. The van der Waals surface area contributed by atoms with Gasteiger partial charge in [0.05, 0.1) is 16.2 Å². The Hall–Kier alpha value is -3.46. The number of nitro groups is 1. The molecule has 0 radical (unpaired) electrons. The molecule has 0 spiro atoms. The molecule has 2 aromatic heterocycles. The smallest absolute Gasteiger partial charge is 0.258 e. The predicted molar refractivity (Wildman–Crippen MR) is 92.8 cm³/mol. The van der Waals surface area contributed by atoms with Crippen LogP contribution >= 0.6 is 11.3 Å². The Balaban J connectivity index is 1.67. The van der Waals surface area contributed by atoms with E-state index in [0.29, 0.717) is 17.1 Å². The predicted octanol–water partition coefficient (Wildman–Crippen LogP) is 3.57. The summed E-state index contributed by atoms with van der Waals surface area (Å²) in [6.45, 7) is 0. The minimum atomic E-state index is -0.395. The molecule has 2 aromatic carbocycles. The molecule has 4 rings (SSSR count). The topological polar surface area (TPSA) is 110 Å². The molecule has 2 heterocycles. The number of nitrogens with zero attached hydrogens (tertiary/aromatic N) is 5. The summed E-state index contributed by atoms with van der Waals surface area (Å²) in [6, 6.07) is 14.2. The van der Waals surface area contributed by atoms with Crippen molar-refractivity contribution in [3.8, 4) is 33.2 Å². The monoisotopic (exact) mass is 350 g/mol. The Bertz CT molecular complexity index is 1030. The van der Waals surface area contributed by atoms with Gasteiger partial charge in [-0.2, -0.15) is 5.21 Å². The van der Waals surface area contributed by atoms with Gasteiger partial charge in [0, 0.05) is 22.6 Å². The largest absolute Gasteiger partial charge is 0.278 e. The van der Waals surface area contributed by atoms with Crippen LogP contribution in [0.3, 0.4) is 0 Å². The van der Waals surface area contributed by atoms with E-state index in [1.807, 2.05) is 29.6 Å². The Labute approximate surface area is 145 Å². The molecule has 0 aliphatic carbocycles. The van der Waals surface area contributed by atoms with Crippen LogP contribution in [-0.4, -0.2) is 30.5 Å². The Morgan fingerprint density at radius 2 is 1.80 bits per heavy atom. The van der Waals surface area contributed by atoms with Crippen LogP contribution in [0.2, 0.25) is 0 Å². The second-order valence-electron chi connectivity index (χ2n) is 5.12. The summed E-state index contributed by atoms with van der Waals surface area (Å²) in [7, 11) is 0. The van der Waals surface area contributed by atoms with Crippen molar-refractivity contribution in [2.45, 2.75) is 0 Å². The van der Waals surface area contributed by atoms with Gasteiger partial charge in [-0.15, -0.1) is 21.5 Å². The third-order valence-electron chi connectivity index (χ3n) is 3.62. The molecule has 0 saturated carbocycles. The van der Waals surface area contributed by atoms with Crippen molar-refractivity contribution < 1.29 is 4.92 Å². The minimum Gasteiger partial charge on any atom is -0.258 e. The summed E-state index contributed by atoms with van der Waals surface area (Å²) >= 11 is 1.44. The third-order valence-corrected chi connectivity index (χ3v) is 4.51. The minimum absolute atomic E-state index is 0.0480. The van der Waals surface area contributed by atoms with Gasteiger partial charge < -0.3 is 0 Å². The quantitative estimate of drug-likeness (QED) is 0.445. The number of thiazole rings is 1. The van der Waals surface area contributed by atoms with Gasteiger partial charge in [0.2, 0.25) is 5.82 Å². The van der Waals surface area contributed by atoms with Crippen LogP contribution in [0.15, 0.2) is 53.9 Å². The zero-order valence-electron chi connectivity index (χ0n) is 12.7. The van der Waals surface area contributed by atoms with E-state index in [-0.39, 0.29) is 5.69 Å². The van der Waals surface area contributed by atoms with Gasteiger partial charge in [0.15, 0.2) is 0 Å². The van der Waals surface area contributed by atoms with Gasteiger partial charge in [-0.25, -0.2) is 4.98 Å². The van der Waals surface area contributed by atoms with Crippen molar-refractivity contribution in [1.82, 2.24) is 25.6 Å². The van der Waals surface area contributed by atoms with Gasteiger partial charge in [-0.3, -0.25) is 10.1 Å². The second kappa shape index (κ2) is 6.21. The van der Waals surface area contributed by atoms with E-state index < -0.39 is 4.92 Å². The molecular weight excluding hydrogens is 340 g/mol. The SMILES string of the molecule is O=[N+]([O-])c1ccccc1-c1csc(-c2ccc(-c3nn[nH]n3)cc2)n1. The van der Waals surface area contributed by atoms with Crippen molar-refractivity contribution >= 4 is 17.0 Å². The Morgan fingerprint density at radius 1 is 1.04 bits per heavy atom. The van der Waals surface area contributed by atoms with Crippen LogP contribution in [0.4, 0.5) is 5.69 Å². The zero-order valence-corrected chi connectivity index (χ0v) is 13.5. The van der Waals surface area contributed by atoms with E-state index in [4.69, 9.17) is 0 Å². The van der Waals surface area contributed by atoms with E-state index in [1.54, 1.807) is 18.2 Å². The summed E-state index contributed by atoms with van der Waals surface area (Å²) < 4.78 is 0. The first-order chi connectivity index (χ1) is 12.2. The summed E-state index contributed by atoms with van der Waals surface area (Å²) in [5.74, 6) is 0.520. The molecule has 0 bridgehead atoms. The van der Waals surface area contributed by atoms with Crippen LogP contribution in [0.5, 0.6) is 0 Å². The fraction of sp³-hybridized carbons (Fsp3) is 0. The van der Waals surface area contributed by atoms with Crippen molar-refractivity contribution in [3.63, 3.8) is 0 Å². The van der Waals surface area contributed by atoms with Crippen LogP contribution in [0.1, 0.15) is 0 Å². The number of para-hydroxylation sites is 1. The Kier molecular flexibility index (Phi) is 3.75. The molecular formula is C16H10N6O2S. The van der Waals surface area contributed by atoms with Gasteiger partial charge in [0.1, 0.15) is 5.01 Å². The molecule has 0 aliphatic heterocycles. The number of H-pyrrole nitrogens is 1. The van der Waals surface area contributed by atoms with E-state index in [0.717, 1.165) is 16.1 Å². The molecule has 1 N–H and O–H groups in total. The second-order valence-corrected chi connectivity index (χ2v) is 5.98. The maximum absolute atomic E-state index is 11.2. The fourth-order valence-corrected chi connectivity index (χ4v) is 3.25. The van der Waals surface area contributed by atoms with Gasteiger partial charge in [-0.05, 0) is 11.3 Å². The number of nitro benzene ring substituents is 1. The summed E-state index contributed by atoms with van der Waals surface area (Å²) in [5.41, 5.74) is 2.91. The van der Waals surface area contributed by atoms with Crippen LogP contribution in [0, 0.1) is 10.1 Å². The lowest BCUT2D eigenvalue weighted by molar-refractivity contribution is -0.384. The first-order valence-electron chi connectivity index (χ1n) is 7.26. The van der Waals surface area contributed by atoms with Crippen LogP contribution < -0.4 is 0 Å². The molecule has 9 heteroatoms. The van der Waals surface area contributed by atoms with Crippen LogP contribution in [0.25, 0.3) is 33.2 Å². The maximum Gasteiger partial charge on any atom is 0.278 e. The van der Waals surface area contributed by atoms with Crippen molar-refractivity contribution in [2.75, 3.05) is 0 Å². The molecule has 0 fully saturated rings. The lowest BCUT2D eigenvalue weighted by atomic mass is 10.1. The highest BCUT2D eigenvalue weighted by Crippen LogP contribution is 2.34.